The number of carbonyl (C=O) groups is 1. The van der Waals surface area contributed by atoms with Crippen LogP contribution >= 0.6 is 0 Å². The molecule has 148 valence electrons. The Morgan fingerprint density at radius 2 is 2.03 bits per heavy atom. The summed E-state index contributed by atoms with van der Waals surface area (Å²) in [4.78, 5) is 17.2. The number of ketones is 1. The summed E-state index contributed by atoms with van der Waals surface area (Å²) in [6, 6.07) is 14.9. The third-order valence-corrected chi connectivity index (χ3v) is 6.01. The molecule has 0 saturated carbocycles. The Morgan fingerprint density at radius 1 is 1.17 bits per heavy atom. The van der Waals surface area contributed by atoms with Crippen LogP contribution in [0.25, 0.3) is 6.08 Å². The Morgan fingerprint density at radius 3 is 2.80 bits per heavy atom. The van der Waals surface area contributed by atoms with E-state index in [2.05, 4.69) is 16.8 Å². The summed E-state index contributed by atoms with van der Waals surface area (Å²) < 4.78 is 27.9. The first-order valence-electron chi connectivity index (χ1n) is 9.22. The quantitative estimate of drug-likeness (QED) is 0.466. The second-order valence-electron chi connectivity index (χ2n) is 6.71. The molecule has 0 bridgehead atoms. The number of allylic oxidation sites excluding steroid dienone is 1. The van der Waals surface area contributed by atoms with Gasteiger partial charge in [-0.05, 0) is 53.6 Å². The number of Topliss-reactive ketones (excluding diaryl/α,β-unsaturated/α-hetero) is 1. The van der Waals surface area contributed by atoms with E-state index in [0.29, 0.717) is 28.8 Å². The number of hydrogen-bond donors (Lipinski definition) is 0. The zero-order valence-corrected chi connectivity index (χ0v) is 16.9. The van der Waals surface area contributed by atoms with Crippen LogP contribution in [0.4, 0.5) is 10.1 Å². The van der Waals surface area contributed by atoms with Gasteiger partial charge in [0.05, 0.1) is 5.69 Å². The predicted molar refractivity (Wildman–Crippen MR) is 117 cm³/mol. The molecule has 30 heavy (non-hydrogen) atoms. The Labute approximate surface area is 176 Å². The van der Waals surface area contributed by atoms with E-state index in [1.54, 1.807) is 49.8 Å². The second kappa shape index (κ2) is 8.44. The number of rotatable bonds is 2. The molecule has 1 aromatic heterocycles. The highest BCUT2D eigenvalue weighted by Crippen LogP contribution is 2.33. The van der Waals surface area contributed by atoms with E-state index < -0.39 is 16.8 Å². The monoisotopic (exact) mass is 416 g/mol. The maximum Gasteiger partial charge on any atom is 0.205 e. The fraction of sp³-hybridized carbons (Fsp3) is 0.0833. The topological polar surface area (TPSA) is 50.3 Å². The van der Waals surface area contributed by atoms with Gasteiger partial charge in [-0.15, -0.1) is 0 Å². The lowest BCUT2D eigenvalue weighted by Crippen LogP contribution is -2.31. The average molecular weight is 416 g/mol. The molecular weight excluding hydrogens is 399 g/mol. The Bertz CT molecular complexity index is 1240. The molecule has 0 spiro atoms. The summed E-state index contributed by atoms with van der Waals surface area (Å²) >= 11 is 0. The van der Waals surface area contributed by atoms with Crippen LogP contribution in [0, 0.1) is 17.7 Å². The van der Waals surface area contributed by atoms with Gasteiger partial charge in [-0.2, -0.15) is 0 Å². The zero-order valence-electron chi connectivity index (χ0n) is 16.1. The highest BCUT2D eigenvalue weighted by atomic mass is 32.2. The lowest BCUT2D eigenvalue weighted by Gasteiger charge is -2.27. The van der Waals surface area contributed by atoms with E-state index in [0.717, 1.165) is 5.56 Å². The molecule has 2 heterocycles. The molecule has 4 rings (SSSR count). The Balaban J connectivity index is 1.67. The minimum absolute atomic E-state index is 0.107. The number of nitrogens with zero attached hydrogens (tertiary/aromatic N) is 2. The molecule has 1 atom stereocenters. The highest BCUT2D eigenvalue weighted by molar-refractivity contribution is 7.91. The van der Waals surface area contributed by atoms with E-state index in [4.69, 9.17) is 0 Å². The summed E-state index contributed by atoms with van der Waals surface area (Å²) in [5, 5.41) is 0. The third-order valence-electron chi connectivity index (χ3n) is 4.64. The van der Waals surface area contributed by atoms with Gasteiger partial charge in [0.1, 0.15) is 10.7 Å². The van der Waals surface area contributed by atoms with Crippen molar-refractivity contribution in [2.75, 3.05) is 11.4 Å². The molecule has 0 N–H and O–H groups in total. The number of anilines is 1. The Hall–Kier alpha value is -3.56. The molecule has 1 aliphatic rings. The van der Waals surface area contributed by atoms with E-state index in [9.17, 15) is 13.4 Å². The van der Waals surface area contributed by atoms with E-state index in [1.165, 1.54) is 22.5 Å². The van der Waals surface area contributed by atoms with Crippen LogP contribution in [-0.2, 0) is 17.4 Å². The molecule has 1 unspecified atom stereocenters. The molecule has 3 aromatic rings. The third kappa shape index (κ3) is 4.07. The molecule has 0 fully saturated rings. The van der Waals surface area contributed by atoms with Crippen LogP contribution in [0.1, 0.15) is 27.0 Å². The van der Waals surface area contributed by atoms with Gasteiger partial charge in [0.15, 0.2) is 11.0 Å². The summed E-state index contributed by atoms with van der Waals surface area (Å²) in [6.07, 6.45) is 5.50. The van der Waals surface area contributed by atoms with Crippen molar-refractivity contribution in [1.29, 1.82) is 0 Å². The number of benzene rings is 2. The summed E-state index contributed by atoms with van der Waals surface area (Å²) in [5.41, 5.74) is 3.18. The molecule has 2 aromatic carbocycles. The molecule has 0 saturated heterocycles. The lowest BCUT2D eigenvalue weighted by molar-refractivity contribution is 0.104. The van der Waals surface area contributed by atoms with Gasteiger partial charge in [0.25, 0.3) is 0 Å². The summed E-state index contributed by atoms with van der Waals surface area (Å²) in [7, 11) is -0.0175. The molecule has 0 radical (unpaired) electrons. The second-order valence-corrected chi connectivity index (χ2v) is 8.20. The van der Waals surface area contributed by atoms with Crippen LogP contribution in [0.2, 0.25) is 0 Å². The fourth-order valence-electron chi connectivity index (χ4n) is 3.13. The van der Waals surface area contributed by atoms with Crippen LogP contribution in [0.5, 0.6) is 0 Å². The van der Waals surface area contributed by atoms with Crippen molar-refractivity contribution in [2.24, 2.45) is 0 Å². The van der Waals surface area contributed by atoms with Crippen molar-refractivity contribution < 1.29 is 13.4 Å². The van der Waals surface area contributed by atoms with E-state index in [1.807, 2.05) is 12.1 Å². The Kier molecular flexibility index (Phi) is 5.55. The first kappa shape index (κ1) is 19.7. The predicted octanol–water partition coefficient (Wildman–Crippen LogP) is 4.15. The van der Waals surface area contributed by atoms with Crippen LogP contribution in [-0.4, -0.2) is 22.0 Å². The molecule has 0 amide bonds. The van der Waals surface area contributed by atoms with Crippen LogP contribution in [0.3, 0.4) is 0 Å². The number of fused-ring (bicyclic) bond motifs is 1. The van der Waals surface area contributed by atoms with Gasteiger partial charge < -0.3 is 0 Å². The standard InChI is InChI=1S/C24H17FN2O2S/c1-27-22-11-10-17(5-2-6-18-8-4-12-26-16-18)14-21(22)24(28)23(30(27)29)15-19-7-3-9-20(25)13-19/h3-4,7-16H,6H2,1H3/b23-15-. The van der Waals surface area contributed by atoms with E-state index >= 15 is 0 Å². The van der Waals surface area contributed by atoms with Crippen molar-refractivity contribution in [2.45, 2.75) is 6.42 Å². The smallest absolute Gasteiger partial charge is 0.205 e. The molecular formula is C24H17FN2O2S. The average Bonchev–Trinajstić information content (AvgIpc) is 2.76. The summed E-state index contributed by atoms with van der Waals surface area (Å²) in [6.45, 7) is 0. The molecule has 1 aliphatic heterocycles. The van der Waals surface area contributed by atoms with Gasteiger partial charge in [-0.25, -0.2) is 8.60 Å². The van der Waals surface area contributed by atoms with Crippen molar-refractivity contribution >= 4 is 28.5 Å². The first-order valence-corrected chi connectivity index (χ1v) is 10.3. The molecule has 0 aliphatic carbocycles. The minimum Gasteiger partial charge on any atom is -0.290 e. The van der Waals surface area contributed by atoms with E-state index in [-0.39, 0.29) is 10.7 Å². The van der Waals surface area contributed by atoms with Crippen LogP contribution in [0.15, 0.2) is 71.9 Å². The largest absolute Gasteiger partial charge is 0.290 e. The number of aromatic nitrogens is 1. The first-order chi connectivity index (χ1) is 14.5. The molecule has 6 heteroatoms. The van der Waals surface area contributed by atoms with Crippen LogP contribution < -0.4 is 4.31 Å². The normalized spacial score (nSPS) is 16.7. The highest BCUT2D eigenvalue weighted by Gasteiger charge is 2.31. The molecule has 4 nitrogen and oxygen atoms in total. The summed E-state index contributed by atoms with van der Waals surface area (Å²) in [5.74, 6) is 5.39. The van der Waals surface area contributed by atoms with Gasteiger partial charge in [0.2, 0.25) is 5.78 Å². The zero-order chi connectivity index (χ0) is 21.1. The minimum atomic E-state index is -1.68. The van der Waals surface area contributed by atoms with Crippen molar-refractivity contribution in [3.63, 3.8) is 0 Å². The van der Waals surface area contributed by atoms with Crippen molar-refractivity contribution in [3.05, 3.63) is 100.0 Å². The number of pyridine rings is 1. The maximum absolute atomic E-state index is 13.5. The van der Waals surface area contributed by atoms with Gasteiger partial charge in [-0.3, -0.25) is 14.1 Å². The van der Waals surface area contributed by atoms with Gasteiger partial charge in [-0.1, -0.05) is 30.0 Å². The van der Waals surface area contributed by atoms with Crippen molar-refractivity contribution in [1.82, 2.24) is 4.98 Å². The van der Waals surface area contributed by atoms with Gasteiger partial charge in [0, 0.05) is 37.0 Å². The van der Waals surface area contributed by atoms with Crippen molar-refractivity contribution in [3.8, 4) is 11.8 Å². The number of carbonyl (C=O) groups excluding carboxylic acids is 1. The maximum atomic E-state index is 13.5. The lowest BCUT2D eigenvalue weighted by atomic mass is 10.0. The number of hydrogen-bond acceptors (Lipinski definition) is 3. The van der Waals surface area contributed by atoms with Gasteiger partial charge >= 0.3 is 0 Å². The fourth-order valence-corrected chi connectivity index (χ4v) is 4.27. The number of halogens is 1. The SMILES string of the molecule is CN1c2ccc(C#CCc3cccnc3)cc2C(=O)/C(=C/c2cccc(F)c2)S1=O.